The fourth-order valence-corrected chi connectivity index (χ4v) is 3.98. The highest BCUT2D eigenvalue weighted by molar-refractivity contribution is 5.94. The number of carbonyl (C=O) groups excluding carboxylic acids is 1. The molecule has 1 aliphatic heterocycles. The monoisotopic (exact) mass is 328 g/mol. The molecule has 2 aliphatic rings. The summed E-state index contributed by atoms with van der Waals surface area (Å²) in [5, 5.41) is 12.4. The Labute approximate surface area is 139 Å². The first-order valence-electron chi connectivity index (χ1n) is 8.32. The summed E-state index contributed by atoms with van der Waals surface area (Å²) >= 11 is 0. The topological polar surface area (TPSA) is 86.9 Å². The maximum atomic E-state index is 12.4. The number of amides is 2. The van der Waals surface area contributed by atoms with E-state index in [1.54, 1.807) is 40.0 Å². The van der Waals surface area contributed by atoms with Crippen LogP contribution in [0.3, 0.4) is 0 Å². The van der Waals surface area contributed by atoms with Gasteiger partial charge in [-0.3, -0.25) is 4.79 Å². The zero-order chi connectivity index (χ0) is 16.7. The second kappa shape index (κ2) is 5.51. The number of carboxylic acid groups (broad SMARTS) is 1. The molecule has 0 radical (unpaired) electrons. The number of aromatic nitrogens is 2. The van der Waals surface area contributed by atoms with Crippen molar-refractivity contribution in [1.29, 1.82) is 0 Å². The zero-order valence-electron chi connectivity index (χ0n) is 13.3. The Balaban J connectivity index is 1.40. The van der Waals surface area contributed by atoms with Crippen LogP contribution in [-0.2, 0) is 0 Å². The molecule has 7 nitrogen and oxygen atoms in total. The molecule has 2 unspecified atom stereocenters. The lowest BCUT2D eigenvalue weighted by atomic mass is 9.98. The van der Waals surface area contributed by atoms with Gasteiger partial charge in [0.25, 0.3) is 5.91 Å². The van der Waals surface area contributed by atoms with Gasteiger partial charge in [0.15, 0.2) is 0 Å². The summed E-state index contributed by atoms with van der Waals surface area (Å²) in [6, 6.07) is 3.56. The molecule has 3 heterocycles. The molecule has 1 saturated carbocycles. The molecular formula is C17H20N4O3. The Hall–Kier alpha value is -2.57. The first kappa shape index (κ1) is 15.0. The minimum atomic E-state index is -0.839. The maximum Gasteiger partial charge on any atom is 0.407 e. The Morgan fingerprint density at radius 2 is 2.25 bits per heavy atom. The van der Waals surface area contributed by atoms with Crippen LogP contribution in [0.25, 0.3) is 5.65 Å². The van der Waals surface area contributed by atoms with Gasteiger partial charge in [-0.05, 0) is 37.8 Å². The van der Waals surface area contributed by atoms with Crippen LogP contribution in [0.4, 0.5) is 4.79 Å². The van der Waals surface area contributed by atoms with E-state index in [-0.39, 0.29) is 17.4 Å². The van der Waals surface area contributed by atoms with Gasteiger partial charge in [0.05, 0.1) is 11.1 Å². The highest BCUT2D eigenvalue weighted by atomic mass is 16.4. The van der Waals surface area contributed by atoms with Crippen molar-refractivity contribution in [3.8, 4) is 0 Å². The minimum Gasteiger partial charge on any atom is -0.465 e. The second-order valence-electron chi connectivity index (χ2n) is 6.72. The minimum absolute atomic E-state index is 0.134. The van der Waals surface area contributed by atoms with E-state index in [9.17, 15) is 14.7 Å². The van der Waals surface area contributed by atoms with Gasteiger partial charge in [-0.1, -0.05) is 0 Å². The number of hydrogen-bond donors (Lipinski definition) is 2. The quantitative estimate of drug-likeness (QED) is 0.902. The third kappa shape index (κ3) is 2.40. The van der Waals surface area contributed by atoms with Crippen molar-refractivity contribution >= 4 is 17.6 Å². The van der Waals surface area contributed by atoms with Crippen LogP contribution in [0, 0.1) is 5.92 Å². The summed E-state index contributed by atoms with van der Waals surface area (Å²) in [6.07, 6.45) is 8.15. The van der Waals surface area contributed by atoms with Gasteiger partial charge in [-0.2, -0.15) is 0 Å². The highest BCUT2D eigenvalue weighted by Crippen LogP contribution is 2.53. The first-order valence-corrected chi connectivity index (χ1v) is 8.32. The smallest absolute Gasteiger partial charge is 0.407 e. The molecule has 2 amide bonds. The molecular weight excluding hydrogens is 308 g/mol. The van der Waals surface area contributed by atoms with Crippen LogP contribution < -0.4 is 5.32 Å². The number of rotatable bonds is 3. The number of hydrogen-bond acceptors (Lipinski definition) is 3. The average molecular weight is 328 g/mol. The van der Waals surface area contributed by atoms with Crippen molar-refractivity contribution in [2.24, 2.45) is 5.92 Å². The van der Waals surface area contributed by atoms with Crippen molar-refractivity contribution in [3.05, 3.63) is 36.3 Å². The number of piperidine rings is 1. The summed E-state index contributed by atoms with van der Waals surface area (Å²) in [5.74, 6) is 0.0835. The van der Waals surface area contributed by atoms with Crippen LogP contribution in [-0.4, -0.2) is 50.0 Å². The standard InChI is InChI=1S/C17H20N4O3/c22-15(12-3-4-14-18-6-8-20(14)11-12)19-10-13-9-17(13)5-1-2-7-21(17)16(23)24/h3-4,6,8,11,13H,1-2,5,7,9-10H2,(H,19,22)(H,23,24). The van der Waals surface area contributed by atoms with Crippen molar-refractivity contribution in [2.45, 2.75) is 31.2 Å². The molecule has 2 atom stereocenters. The number of imidazole rings is 1. The van der Waals surface area contributed by atoms with Crippen LogP contribution in [0.2, 0.25) is 0 Å². The van der Waals surface area contributed by atoms with E-state index in [2.05, 4.69) is 10.3 Å². The van der Waals surface area contributed by atoms with Crippen LogP contribution in [0.1, 0.15) is 36.0 Å². The fraction of sp³-hybridized carbons (Fsp3) is 0.471. The Kier molecular flexibility index (Phi) is 3.44. The van der Waals surface area contributed by atoms with Gasteiger partial charge >= 0.3 is 6.09 Å². The largest absolute Gasteiger partial charge is 0.465 e. The molecule has 0 aromatic carbocycles. The number of nitrogens with one attached hydrogen (secondary N) is 1. The first-order chi connectivity index (χ1) is 11.6. The van der Waals surface area contributed by atoms with Gasteiger partial charge < -0.3 is 19.7 Å². The summed E-state index contributed by atoms with van der Waals surface area (Å²) in [4.78, 5) is 29.5. The number of likely N-dealkylation sites (tertiary alicyclic amines) is 1. The summed E-state index contributed by atoms with van der Waals surface area (Å²) in [7, 11) is 0. The summed E-state index contributed by atoms with van der Waals surface area (Å²) in [6.45, 7) is 1.13. The number of fused-ring (bicyclic) bond motifs is 1. The van der Waals surface area contributed by atoms with Gasteiger partial charge in [-0.15, -0.1) is 0 Å². The molecule has 4 rings (SSSR count). The molecule has 2 aromatic heterocycles. The zero-order valence-corrected chi connectivity index (χ0v) is 13.3. The molecule has 2 aromatic rings. The molecule has 2 fully saturated rings. The average Bonchev–Trinajstić information content (AvgIpc) is 3.05. The van der Waals surface area contributed by atoms with E-state index in [1.165, 1.54) is 0 Å². The van der Waals surface area contributed by atoms with Crippen LogP contribution >= 0.6 is 0 Å². The Bertz CT molecular complexity index is 802. The van der Waals surface area contributed by atoms with Gasteiger partial charge in [0, 0.05) is 37.6 Å². The molecule has 7 heteroatoms. The number of carbonyl (C=O) groups is 2. The van der Waals surface area contributed by atoms with Crippen LogP contribution in [0.15, 0.2) is 30.7 Å². The van der Waals surface area contributed by atoms with Crippen molar-refractivity contribution in [2.75, 3.05) is 13.1 Å². The lowest BCUT2D eigenvalue weighted by Gasteiger charge is -2.35. The van der Waals surface area contributed by atoms with E-state index in [0.717, 1.165) is 31.3 Å². The Morgan fingerprint density at radius 3 is 3.08 bits per heavy atom. The third-order valence-electron chi connectivity index (χ3n) is 5.37. The van der Waals surface area contributed by atoms with Crippen molar-refractivity contribution < 1.29 is 14.7 Å². The predicted octanol–water partition coefficient (Wildman–Crippen LogP) is 1.99. The maximum absolute atomic E-state index is 12.4. The van der Waals surface area contributed by atoms with Crippen molar-refractivity contribution in [1.82, 2.24) is 19.6 Å². The predicted molar refractivity (Wildman–Crippen MR) is 86.9 cm³/mol. The van der Waals surface area contributed by atoms with E-state index in [0.29, 0.717) is 18.7 Å². The van der Waals surface area contributed by atoms with E-state index in [4.69, 9.17) is 0 Å². The van der Waals surface area contributed by atoms with Crippen LogP contribution in [0.5, 0.6) is 0 Å². The highest BCUT2D eigenvalue weighted by Gasteiger charge is 2.60. The lowest BCUT2D eigenvalue weighted by molar-refractivity contribution is 0.0882. The van der Waals surface area contributed by atoms with Gasteiger partial charge in [0.2, 0.25) is 0 Å². The second-order valence-corrected chi connectivity index (χ2v) is 6.72. The number of pyridine rings is 1. The fourth-order valence-electron chi connectivity index (χ4n) is 3.98. The van der Waals surface area contributed by atoms with Gasteiger partial charge in [-0.25, -0.2) is 9.78 Å². The molecule has 1 aliphatic carbocycles. The molecule has 1 spiro atoms. The molecule has 24 heavy (non-hydrogen) atoms. The molecule has 2 N–H and O–H groups in total. The summed E-state index contributed by atoms with van der Waals surface area (Å²) in [5.41, 5.74) is 1.13. The SMILES string of the molecule is O=C(NCC1CC12CCCCN2C(=O)O)c1ccc2nccn2c1. The van der Waals surface area contributed by atoms with E-state index < -0.39 is 6.09 Å². The van der Waals surface area contributed by atoms with Crippen molar-refractivity contribution in [3.63, 3.8) is 0 Å². The molecule has 1 saturated heterocycles. The molecule has 126 valence electrons. The normalized spacial score (nSPS) is 25.8. The van der Waals surface area contributed by atoms with Gasteiger partial charge in [0.1, 0.15) is 5.65 Å². The Morgan fingerprint density at radius 1 is 1.38 bits per heavy atom. The summed E-state index contributed by atoms with van der Waals surface area (Å²) < 4.78 is 1.81. The third-order valence-corrected chi connectivity index (χ3v) is 5.37. The molecule has 0 bridgehead atoms. The lowest BCUT2D eigenvalue weighted by Crippen LogP contribution is -2.47. The van der Waals surface area contributed by atoms with E-state index in [1.807, 2.05) is 0 Å². The number of nitrogens with zero attached hydrogens (tertiary/aromatic N) is 3. The van der Waals surface area contributed by atoms with E-state index >= 15 is 0 Å².